The summed E-state index contributed by atoms with van der Waals surface area (Å²) in [5.41, 5.74) is 0.796. The second-order valence-electron chi connectivity index (χ2n) is 8.59. The van der Waals surface area contributed by atoms with Gasteiger partial charge in [0.05, 0.1) is 22.5 Å². The van der Waals surface area contributed by atoms with Gasteiger partial charge in [0.2, 0.25) is 6.79 Å². The minimum absolute atomic E-state index is 0.00223. The van der Waals surface area contributed by atoms with E-state index in [2.05, 4.69) is 5.32 Å². The molecule has 2 aromatic carbocycles. The lowest BCUT2D eigenvalue weighted by Crippen LogP contribution is -2.41. The SMILES string of the molecule is Cc1c(C(=O)O)cccc1C(=O)Nc1ccc(B2OC(C)(C)C(C)(C)O2)c2c1OCO2. The van der Waals surface area contributed by atoms with Crippen molar-refractivity contribution in [2.45, 2.75) is 45.8 Å². The first-order chi connectivity index (χ1) is 14.5. The Kier molecular flexibility index (Phi) is 4.98. The van der Waals surface area contributed by atoms with Crippen LogP contribution in [-0.4, -0.2) is 42.1 Å². The summed E-state index contributed by atoms with van der Waals surface area (Å²) in [6.45, 7) is 9.46. The highest BCUT2D eigenvalue weighted by Crippen LogP contribution is 2.42. The van der Waals surface area contributed by atoms with Crippen LogP contribution in [0.5, 0.6) is 11.5 Å². The van der Waals surface area contributed by atoms with Crippen molar-refractivity contribution in [3.05, 3.63) is 47.0 Å². The van der Waals surface area contributed by atoms with Crippen molar-refractivity contribution in [3.8, 4) is 11.5 Å². The molecule has 1 amide bonds. The lowest BCUT2D eigenvalue weighted by molar-refractivity contribution is 0.00578. The zero-order chi connectivity index (χ0) is 22.6. The van der Waals surface area contributed by atoms with E-state index in [-0.39, 0.29) is 17.9 Å². The Morgan fingerprint density at radius 2 is 1.58 bits per heavy atom. The Hall–Kier alpha value is -3.04. The van der Waals surface area contributed by atoms with Crippen LogP contribution in [0.15, 0.2) is 30.3 Å². The molecule has 2 aromatic rings. The van der Waals surface area contributed by atoms with Gasteiger partial charge in [-0.25, -0.2) is 4.79 Å². The van der Waals surface area contributed by atoms with E-state index in [1.54, 1.807) is 25.1 Å². The molecule has 0 saturated carbocycles. The number of ether oxygens (including phenoxy) is 2. The van der Waals surface area contributed by atoms with E-state index in [0.717, 1.165) is 0 Å². The molecule has 8 nitrogen and oxygen atoms in total. The Morgan fingerprint density at radius 3 is 2.23 bits per heavy atom. The number of benzene rings is 2. The number of amides is 1. The van der Waals surface area contributed by atoms with E-state index in [9.17, 15) is 14.7 Å². The van der Waals surface area contributed by atoms with Crippen LogP contribution in [-0.2, 0) is 9.31 Å². The molecule has 2 heterocycles. The molecular weight excluding hydrogens is 401 g/mol. The van der Waals surface area contributed by atoms with Gasteiger partial charge < -0.3 is 29.2 Å². The molecule has 1 fully saturated rings. The molecule has 31 heavy (non-hydrogen) atoms. The summed E-state index contributed by atoms with van der Waals surface area (Å²) in [6.07, 6.45) is 0. The zero-order valence-electron chi connectivity index (χ0n) is 18.1. The smallest absolute Gasteiger partial charge is 0.478 e. The molecule has 9 heteroatoms. The van der Waals surface area contributed by atoms with Crippen LogP contribution >= 0.6 is 0 Å². The van der Waals surface area contributed by atoms with E-state index in [0.29, 0.717) is 28.2 Å². The molecule has 2 N–H and O–H groups in total. The first kappa shape index (κ1) is 21.2. The highest BCUT2D eigenvalue weighted by molar-refractivity contribution is 6.63. The lowest BCUT2D eigenvalue weighted by atomic mass is 9.78. The number of hydrogen-bond donors (Lipinski definition) is 2. The number of carbonyl (C=O) groups is 2. The Labute approximate surface area is 180 Å². The average molecular weight is 425 g/mol. The number of anilines is 1. The molecule has 0 bridgehead atoms. The zero-order valence-corrected chi connectivity index (χ0v) is 18.1. The molecule has 0 atom stereocenters. The summed E-state index contributed by atoms with van der Waals surface area (Å²) >= 11 is 0. The van der Waals surface area contributed by atoms with Crippen LogP contribution in [0.4, 0.5) is 5.69 Å². The molecule has 0 aliphatic carbocycles. The Bertz CT molecular complexity index is 1060. The molecule has 0 spiro atoms. The number of nitrogens with one attached hydrogen (secondary N) is 1. The van der Waals surface area contributed by atoms with Gasteiger partial charge in [-0.15, -0.1) is 0 Å². The number of aromatic carboxylic acids is 1. The van der Waals surface area contributed by atoms with Gasteiger partial charge in [0.1, 0.15) is 0 Å². The second kappa shape index (κ2) is 7.28. The lowest BCUT2D eigenvalue weighted by Gasteiger charge is -2.32. The highest BCUT2D eigenvalue weighted by atomic mass is 16.7. The summed E-state index contributed by atoms with van der Waals surface area (Å²) in [6, 6.07) is 8.04. The summed E-state index contributed by atoms with van der Waals surface area (Å²) in [5, 5.41) is 12.1. The highest BCUT2D eigenvalue weighted by Gasteiger charge is 2.53. The maximum Gasteiger partial charge on any atom is 0.498 e. The second-order valence-corrected chi connectivity index (χ2v) is 8.59. The van der Waals surface area contributed by atoms with Gasteiger partial charge >= 0.3 is 13.1 Å². The van der Waals surface area contributed by atoms with Crippen molar-refractivity contribution in [1.82, 2.24) is 0 Å². The fourth-order valence-corrected chi connectivity index (χ4v) is 3.57. The minimum atomic E-state index is -1.09. The van der Waals surface area contributed by atoms with E-state index in [4.69, 9.17) is 18.8 Å². The number of carboxylic acids is 1. The topological polar surface area (TPSA) is 103 Å². The van der Waals surface area contributed by atoms with Crippen molar-refractivity contribution in [3.63, 3.8) is 0 Å². The van der Waals surface area contributed by atoms with Gasteiger partial charge in [-0.05, 0) is 58.4 Å². The van der Waals surface area contributed by atoms with Crippen LogP contribution in [0.2, 0.25) is 0 Å². The molecule has 4 rings (SSSR count). The Balaban J connectivity index is 1.64. The van der Waals surface area contributed by atoms with Crippen molar-refractivity contribution in [2.24, 2.45) is 0 Å². The van der Waals surface area contributed by atoms with Gasteiger partial charge in [0.15, 0.2) is 11.5 Å². The third kappa shape index (κ3) is 3.53. The standard InChI is InChI=1S/C22H24BNO7/c1-12-13(7-6-8-14(12)20(26)27)19(25)24-16-10-9-15(17-18(16)29-11-28-17)23-30-21(2,3)22(4,5)31-23/h6-10H,11H2,1-5H3,(H,24,25)(H,26,27). The maximum absolute atomic E-state index is 12.9. The largest absolute Gasteiger partial charge is 0.498 e. The predicted octanol–water partition coefficient (Wildman–Crippen LogP) is 2.97. The first-order valence-corrected chi connectivity index (χ1v) is 9.94. The van der Waals surface area contributed by atoms with E-state index in [1.165, 1.54) is 12.1 Å². The van der Waals surface area contributed by atoms with E-state index < -0.39 is 30.2 Å². The Morgan fingerprint density at radius 1 is 0.968 bits per heavy atom. The van der Waals surface area contributed by atoms with Gasteiger partial charge in [-0.3, -0.25) is 4.79 Å². The number of fused-ring (bicyclic) bond motifs is 1. The molecule has 2 aliphatic rings. The third-order valence-electron chi connectivity index (χ3n) is 6.11. The van der Waals surface area contributed by atoms with Crippen LogP contribution in [0.25, 0.3) is 0 Å². The number of carboxylic acid groups (broad SMARTS) is 1. The van der Waals surface area contributed by atoms with Crippen LogP contribution in [0.3, 0.4) is 0 Å². The number of hydrogen-bond acceptors (Lipinski definition) is 6. The molecule has 0 radical (unpaired) electrons. The van der Waals surface area contributed by atoms with Gasteiger partial charge in [-0.1, -0.05) is 12.1 Å². The molecular formula is C22H24BNO7. The average Bonchev–Trinajstić information content (AvgIpc) is 3.24. The normalized spacial score (nSPS) is 18.2. The predicted molar refractivity (Wildman–Crippen MR) is 114 cm³/mol. The van der Waals surface area contributed by atoms with Crippen molar-refractivity contribution in [1.29, 1.82) is 0 Å². The van der Waals surface area contributed by atoms with Gasteiger partial charge in [0.25, 0.3) is 5.91 Å². The number of carbonyl (C=O) groups excluding carboxylic acids is 1. The van der Waals surface area contributed by atoms with Crippen molar-refractivity contribution in [2.75, 3.05) is 12.1 Å². The summed E-state index contributed by atoms with van der Waals surface area (Å²) in [5.74, 6) is -0.696. The van der Waals surface area contributed by atoms with Crippen LogP contribution in [0.1, 0.15) is 54.0 Å². The monoisotopic (exact) mass is 425 g/mol. The summed E-state index contributed by atoms with van der Waals surface area (Å²) in [4.78, 5) is 24.2. The van der Waals surface area contributed by atoms with Crippen molar-refractivity contribution >= 4 is 30.1 Å². The fourth-order valence-electron chi connectivity index (χ4n) is 3.57. The summed E-state index contributed by atoms with van der Waals surface area (Å²) in [7, 11) is -0.639. The molecule has 2 aliphatic heterocycles. The number of rotatable bonds is 4. The van der Waals surface area contributed by atoms with Gasteiger partial charge in [0, 0.05) is 11.0 Å². The molecule has 162 valence electrons. The third-order valence-corrected chi connectivity index (χ3v) is 6.11. The first-order valence-electron chi connectivity index (χ1n) is 9.94. The quantitative estimate of drug-likeness (QED) is 0.726. The van der Waals surface area contributed by atoms with Crippen molar-refractivity contribution < 1.29 is 33.5 Å². The van der Waals surface area contributed by atoms with Crippen LogP contribution in [0, 0.1) is 6.92 Å². The van der Waals surface area contributed by atoms with Crippen LogP contribution < -0.4 is 20.3 Å². The fraction of sp³-hybridized carbons (Fsp3) is 0.364. The van der Waals surface area contributed by atoms with E-state index in [1.807, 2.05) is 27.7 Å². The molecule has 0 aromatic heterocycles. The molecule has 0 unspecified atom stereocenters. The van der Waals surface area contributed by atoms with E-state index >= 15 is 0 Å². The van der Waals surface area contributed by atoms with Gasteiger partial charge in [-0.2, -0.15) is 0 Å². The summed E-state index contributed by atoms with van der Waals surface area (Å²) < 4.78 is 23.5. The maximum atomic E-state index is 12.9. The minimum Gasteiger partial charge on any atom is -0.478 e. The molecule has 1 saturated heterocycles.